The Morgan fingerprint density at radius 3 is 2.44 bits per heavy atom. The van der Waals surface area contributed by atoms with Gasteiger partial charge in [0.05, 0.1) is 18.1 Å². The second kappa shape index (κ2) is 7.48. The molecule has 0 saturated carbocycles. The predicted molar refractivity (Wildman–Crippen MR) is 70.9 cm³/mol. The molecule has 1 rings (SSSR count). The van der Waals surface area contributed by atoms with Gasteiger partial charge in [0, 0.05) is 13.1 Å². The highest BCUT2D eigenvalue weighted by Gasteiger charge is 2.12. The Morgan fingerprint density at radius 1 is 1.22 bits per heavy atom. The minimum atomic E-state index is -3.43. The maximum Gasteiger partial charge on any atom is 0.240 e. The summed E-state index contributed by atoms with van der Waals surface area (Å²) in [5.74, 6) is 0. The number of nitrogens with one attached hydrogen (secondary N) is 1. The van der Waals surface area contributed by atoms with E-state index < -0.39 is 10.0 Å². The van der Waals surface area contributed by atoms with Crippen molar-refractivity contribution in [3.8, 4) is 0 Å². The lowest BCUT2D eigenvalue weighted by molar-refractivity contribution is 0.147. The van der Waals surface area contributed by atoms with Gasteiger partial charge in [0.1, 0.15) is 0 Å². The van der Waals surface area contributed by atoms with Crippen molar-refractivity contribution in [2.24, 2.45) is 5.73 Å². The zero-order chi connectivity index (χ0) is 13.4. The molecular formula is C12H20N2O3S. The van der Waals surface area contributed by atoms with Gasteiger partial charge in [0.2, 0.25) is 10.0 Å². The number of hydrogen-bond donors (Lipinski definition) is 2. The van der Waals surface area contributed by atoms with E-state index in [2.05, 4.69) is 4.72 Å². The van der Waals surface area contributed by atoms with Gasteiger partial charge in [-0.15, -0.1) is 0 Å². The smallest absolute Gasteiger partial charge is 0.240 e. The largest absolute Gasteiger partial charge is 0.379 e. The van der Waals surface area contributed by atoms with Gasteiger partial charge in [-0.05, 0) is 24.1 Å². The molecule has 0 aliphatic heterocycles. The minimum Gasteiger partial charge on any atom is -0.379 e. The van der Waals surface area contributed by atoms with Crippen LogP contribution in [0, 0.1) is 0 Å². The molecule has 0 aromatic heterocycles. The van der Waals surface area contributed by atoms with Gasteiger partial charge in [-0.25, -0.2) is 13.1 Å². The van der Waals surface area contributed by atoms with Crippen LogP contribution in [0.1, 0.15) is 12.5 Å². The molecule has 0 amide bonds. The highest BCUT2D eigenvalue weighted by molar-refractivity contribution is 7.89. The first-order valence-corrected chi connectivity index (χ1v) is 7.45. The van der Waals surface area contributed by atoms with Crippen LogP contribution in [0.25, 0.3) is 0 Å². The summed E-state index contributed by atoms with van der Waals surface area (Å²) < 4.78 is 31.3. The zero-order valence-electron chi connectivity index (χ0n) is 10.6. The summed E-state index contributed by atoms with van der Waals surface area (Å²) in [4.78, 5) is 0.276. The highest BCUT2D eigenvalue weighted by atomic mass is 32.2. The van der Waals surface area contributed by atoms with Crippen LogP contribution in [0.15, 0.2) is 29.2 Å². The van der Waals surface area contributed by atoms with Crippen molar-refractivity contribution >= 4 is 10.0 Å². The van der Waals surface area contributed by atoms with Crippen molar-refractivity contribution in [3.63, 3.8) is 0 Å². The molecule has 0 bridgehead atoms. The van der Waals surface area contributed by atoms with Crippen molar-refractivity contribution in [1.29, 1.82) is 0 Å². The van der Waals surface area contributed by atoms with Gasteiger partial charge in [-0.1, -0.05) is 19.1 Å². The average Bonchev–Trinajstić information content (AvgIpc) is 2.38. The average molecular weight is 272 g/mol. The lowest BCUT2D eigenvalue weighted by atomic mass is 10.2. The van der Waals surface area contributed by atoms with Crippen LogP contribution >= 0.6 is 0 Å². The molecule has 0 aliphatic carbocycles. The molecule has 1 aromatic carbocycles. The number of aryl methyl sites for hydroxylation is 1. The molecule has 3 N–H and O–H groups in total. The number of ether oxygens (including phenoxy) is 1. The molecule has 18 heavy (non-hydrogen) atoms. The van der Waals surface area contributed by atoms with Crippen molar-refractivity contribution in [2.75, 3.05) is 26.3 Å². The van der Waals surface area contributed by atoms with Crippen LogP contribution in [0.5, 0.6) is 0 Å². The zero-order valence-corrected chi connectivity index (χ0v) is 11.4. The van der Waals surface area contributed by atoms with E-state index in [0.29, 0.717) is 19.8 Å². The summed E-state index contributed by atoms with van der Waals surface area (Å²) in [6.07, 6.45) is 0.890. The SMILES string of the molecule is CCc1ccc(S(=O)(=O)NCCOCCN)cc1. The third kappa shape index (κ3) is 4.73. The Labute approximate surface area is 108 Å². The number of nitrogens with two attached hydrogens (primary N) is 1. The molecule has 0 spiro atoms. The number of sulfonamides is 1. The van der Waals surface area contributed by atoms with Gasteiger partial charge in [-0.3, -0.25) is 0 Å². The summed E-state index contributed by atoms with van der Waals surface area (Å²) in [6.45, 7) is 3.47. The lowest BCUT2D eigenvalue weighted by Crippen LogP contribution is -2.28. The molecule has 0 saturated heterocycles. The molecule has 0 unspecified atom stereocenters. The normalized spacial score (nSPS) is 11.7. The second-order valence-corrected chi connectivity index (χ2v) is 5.56. The van der Waals surface area contributed by atoms with E-state index in [1.807, 2.05) is 19.1 Å². The Morgan fingerprint density at radius 2 is 1.89 bits per heavy atom. The third-order valence-electron chi connectivity index (χ3n) is 2.44. The molecule has 102 valence electrons. The minimum absolute atomic E-state index is 0.248. The lowest BCUT2D eigenvalue weighted by Gasteiger charge is -2.07. The van der Waals surface area contributed by atoms with E-state index in [1.165, 1.54) is 0 Å². The predicted octanol–water partition coefficient (Wildman–Crippen LogP) is 0.503. The van der Waals surface area contributed by atoms with Gasteiger partial charge in [0.15, 0.2) is 0 Å². The summed E-state index contributed by atoms with van der Waals surface area (Å²) in [6, 6.07) is 6.86. The fourth-order valence-electron chi connectivity index (χ4n) is 1.42. The Balaban J connectivity index is 2.51. The first kappa shape index (κ1) is 15.1. The van der Waals surface area contributed by atoms with Crippen LogP contribution in [-0.2, 0) is 21.2 Å². The molecule has 1 aromatic rings. The van der Waals surface area contributed by atoms with Gasteiger partial charge >= 0.3 is 0 Å². The number of hydrogen-bond acceptors (Lipinski definition) is 4. The Hall–Kier alpha value is -0.950. The quantitative estimate of drug-likeness (QED) is 0.675. The van der Waals surface area contributed by atoms with Crippen molar-refractivity contribution in [3.05, 3.63) is 29.8 Å². The molecule has 0 heterocycles. The number of rotatable bonds is 8. The standard InChI is InChI=1S/C12H20N2O3S/c1-2-11-3-5-12(6-4-11)18(15,16)14-8-10-17-9-7-13/h3-6,14H,2,7-10,13H2,1H3. The number of benzene rings is 1. The molecule has 0 atom stereocenters. The fourth-order valence-corrected chi connectivity index (χ4v) is 2.43. The molecular weight excluding hydrogens is 252 g/mol. The van der Waals surface area contributed by atoms with Crippen molar-refractivity contribution in [1.82, 2.24) is 4.72 Å². The highest BCUT2D eigenvalue weighted by Crippen LogP contribution is 2.10. The summed E-state index contributed by atoms with van der Waals surface area (Å²) in [7, 11) is -3.43. The summed E-state index contributed by atoms with van der Waals surface area (Å²) >= 11 is 0. The van der Waals surface area contributed by atoms with E-state index in [0.717, 1.165) is 12.0 Å². The van der Waals surface area contributed by atoms with Gasteiger partial charge in [0.25, 0.3) is 0 Å². The molecule has 0 fully saturated rings. The van der Waals surface area contributed by atoms with E-state index >= 15 is 0 Å². The van der Waals surface area contributed by atoms with Crippen LogP contribution in [-0.4, -0.2) is 34.7 Å². The van der Waals surface area contributed by atoms with Crippen LogP contribution in [0.2, 0.25) is 0 Å². The second-order valence-electron chi connectivity index (χ2n) is 3.80. The topological polar surface area (TPSA) is 81.4 Å². The maximum absolute atomic E-state index is 11.9. The first-order valence-electron chi connectivity index (χ1n) is 5.96. The monoisotopic (exact) mass is 272 g/mol. The van der Waals surface area contributed by atoms with Crippen LogP contribution in [0.4, 0.5) is 0 Å². The molecule has 0 aliphatic rings. The first-order chi connectivity index (χ1) is 8.60. The van der Waals surface area contributed by atoms with Crippen LogP contribution in [0.3, 0.4) is 0 Å². The van der Waals surface area contributed by atoms with E-state index in [9.17, 15) is 8.42 Å². The van der Waals surface area contributed by atoms with Crippen molar-refractivity contribution in [2.45, 2.75) is 18.2 Å². The maximum atomic E-state index is 11.9. The van der Waals surface area contributed by atoms with Gasteiger partial charge < -0.3 is 10.5 Å². The third-order valence-corrected chi connectivity index (χ3v) is 3.92. The summed E-state index contributed by atoms with van der Waals surface area (Å²) in [5.41, 5.74) is 6.36. The Bertz CT molecular complexity index is 443. The van der Waals surface area contributed by atoms with Gasteiger partial charge in [-0.2, -0.15) is 0 Å². The molecule has 0 radical (unpaired) electrons. The Kier molecular flexibility index (Phi) is 6.28. The van der Waals surface area contributed by atoms with Crippen LogP contribution < -0.4 is 10.5 Å². The fraction of sp³-hybridized carbons (Fsp3) is 0.500. The van der Waals surface area contributed by atoms with Crippen molar-refractivity contribution < 1.29 is 13.2 Å². The summed E-state index contributed by atoms with van der Waals surface area (Å²) in [5, 5.41) is 0. The van der Waals surface area contributed by atoms with E-state index in [1.54, 1.807) is 12.1 Å². The molecule has 5 nitrogen and oxygen atoms in total. The van der Waals surface area contributed by atoms with E-state index in [-0.39, 0.29) is 11.4 Å². The van der Waals surface area contributed by atoms with E-state index in [4.69, 9.17) is 10.5 Å². The molecule has 6 heteroatoms.